The summed E-state index contributed by atoms with van der Waals surface area (Å²) in [5.74, 6) is -2.11. The van der Waals surface area contributed by atoms with Crippen LogP contribution in [0, 0.1) is 0 Å². The molecule has 154 valence electrons. The fourth-order valence-corrected chi connectivity index (χ4v) is 2.42. The minimum Gasteiger partial charge on any atom is -0.462 e. The first-order chi connectivity index (χ1) is 12.8. The molecule has 1 fully saturated rings. The highest BCUT2D eigenvalue weighted by Crippen LogP contribution is 2.26. The van der Waals surface area contributed by atoms with Gasteiger partial charge in [-0.1, -0.05) is 13.5 Å². The van der Waals surface area contributed by atoms with Gasteiger partial charge < -0.3 is 33.9 Å². The predicted molar refractivity (Wildman–Crippen MR) is 89.2 cm³/mol. The second kappa shape index (κ2) is 11.7. The van der Waals surface area contributed by atoms with Crippen LogP contribution in [0.2, 0.25) is 0 Å². The number of hydrogen-bond acceptors (Lipinski definition) is 10. The number of hydrogen-bond donors (Lipinski definition) is 2. The Balaban J connectivity index is 2.40. The van der Waals surface area contributed by atoms with Gasteiger partial charge in [0.25, 0.3) is 0 Å². The maximum atomic E-state index is 11.9. The molecule has 1 aliphatic heterocycles. The Labute approximate surface area is 157 Å². The van der Waals surface area contributed by atoms with Gasteiger partial charge in [0.2, 0.25) is 0 Å². The van der Waals surface area contributed by atoms with E-state index in [1.807, 2.05) is 0 Å². The number of esters is 3. The minimum atomic E-state index is -1.37. The first-order valence-corrected chi connectivity index (χ1v) is 8.52. The number of rotatable bonds is 10. The van der Waals surface area contributed by atoms with Crippen LogP contribution in [0.4, 0.5) is 0 Å². The third-order valence-electron chi connectivity index (χ3n) is 3.83. The molecule has 1 aliphatic rings. The van der Waals surface area contributed by atoms with Crippen LogP contribution in [0.1, 0.15) is 26.2 Å². The molecule has 0 aromatic rings. The molecule has 0 aromatic carbocycles. The molecular formula is C17H26O10. The molecule has 0 spiro atoms. The van der Waals surface area contributed by atoms with Crippen LogP contribution in [0.5, 0.6) is 0 Å². The van der Waals surface area contributed by atoms with Gasteiger partial charge in [-0.25, -0.2) is 4.79 Å². The molecule has 1 heterocycles. The van der Waals surface area contributed by atoms with E-state index in [-0.39, 0.29) is 26.1 Å². The summed E-state index contributed by atoms with van der Waals surface area (Å²) < 4.78 is 24.9. The summed E-state index contributed by atoms with van der Waals surface area (Å²) in [6.07, 6.45) is -4.73. The minimum absolute atomic E-state index is 0.127. The van der Waals surface area contributed by atoms with E-state index in [9.17, 15) is 24.6 Å². The van der Waals surface area contributed by atoms with E-state index in [2.05, 4.69) is 11.3 Å². The standard InChI is InChI=1S/C17H26O10/c1-4-10-14(21)16(15(22)17(23-3)26-10)27-13(20)7-6-12(19)25-9-8-24-11(18)5-2/h5,10,14-17,21-22H,2,4,6-9H2,1,3H3/t10?,14-,15?,16+,17+/m1/s1. The van der Waals surface area contributed by atoms with Gasteiger partial charge in [-0.05, 0) is 6.42 Å². The van der Waals surface area contributed by atoms with Gasteiger partial charge >= 0.3 is 17.9 Å². The molecule has 1 saturated heterocycles. The van der Waals surface area contributed by atoms with Crippen LogP contribution in [0.25, 0.3) is 0 Å². The van der Waals surface area contributed by atoms with Crippen molar-refractivity contribution in [3.05, 3.63) is 12.7 Å². The zero-order valence-electron chi connectivity index (χ0n) is 15.4. The third kappa shape index (κ3) is 7.25. The summed E-state index contributed by atoms with van der Waals surface area (Å²) in [7, 11) is 1.32. The summed E-state index contributed by atoms with van der Waals surface area (Å²) in [6.45, 7) is 4.70. The van der Waals surface area contributed by atoms with Gasteiger partial charge in [-0.2, -0.15) is 0 Å². The topological polar surface area (TPSA) is 138 Å². The van der Waals surface area contributed by atoms with Gasteiger partial charge in [-0.3, -0.25) is 9.59 Å². The van der Waals surface area contributed by atoms with E-state index in [0.29, 0.717) is 6.42 Å². The number of aliphatic hydroxyl groups excluding tert-OH is 2. The van der Waals surface area contributed by atoms with Crippen molar-refractivity contribution in [2.24, 2.45) is 0 Å². The molecule has 2 unspecified atom stereocenters. The van der Waals surface area contributed by atoms with E-state index in [0.717, 1.165) is 6.08 Å². The molecule has 0 bridgehead atoms. The number of carbonyl (C=O) groups is 3. The summed E-state index contributed by atoms with van der Waals surface area (Å²) in [5, 5.41) is 20.3. The zero-order valence-corrected chi connectivity index (χ0v) is 15.4. The van der Waals surface area contributed by atoms with Gasteiger partial charge in [0.1, 0.15) is 25.4 Å². The van der Waals surface area contributed by atoms with Crippen LogP contribution in [0.3, 0.4) is 0 Å². The van der Waals surface area contributed by atoms with Crippen molar-refractivity contribution in [3.8, 4) is 0 Å². The van der Waals surface area contributed by atoms with Crippen molar-refractivity contribution in [1.82, 2.24) is 0 Å². The van der Waals surface area contributed by atoms with E-state index in [4.69, 9.17) is 18.9 Å². The highest BCUT2D eigenvalue weighted by atomic mass is 16.7. The fourth-order valence-electron chi connectivity index (χ4n) is 2.42. The monoisotopic (exact) mass is 390 g/mol. The van der Waals surface area contributed by atoms with Crippen LogP contribution in [0.15, 0.2) is 12.7 Å². The van der Waals surface area contributed by atoms with Crippen molar-refractivity contribution in [2.75, 3.05) is 20.3 Å². The molecule has 2 N–H and O–H groups in total. The van der Waals surface area contributed by atoms with E-state index in [1.165, 1.54) is 7.11 Å². The lowest BCUT2D eigenvalue weighted by molar-refractivity contribution is -0.293. The molecule has 0 aromatic heterocycles. The number of carbonyl (C=O) groups excluding carboxylic acids is 3. The van der Waals surface area contributed by atoms with Crippen LogP contribution >= 0.6 is 0 Å². The summed E-state index contributed by atoms with van der Waals surface area (Å²) in [5.41, 5.74) is 0. The van der Waals surface area contributed by atoms with Gasteiger partial charge in [0, 0.05) is 13.2 Å². The van der Waals surface area contributed by atoms with Crippen molar-refractivity contribution in [2.45, 2.75) is 56.9 Å². The van der Waals surface area contributed by atoms with Gasteiger partial charge in [0.05, 0.1) is 18.9 Å². The number of aliphatic hydroxyl groups is 2. The van der Waals surface area contributed by atoms with Crippen molar-refractivity contribution < 1.29 is 48.3 Å². The molecule has 10 nitrogen and oxygen atoms in total. The molecule has 5 atom stereocenters. The average Bonchev–Trinajstić information content (AvgIpc) is 2.66. The SMILES string of the molecule is C=CC(=O)OCCOC(=O)CCC(=O)O[C@@H]1C(O)[C@@H](OC)OC(CC)[C@H]1O. The smallest absolute Gasteiger partial charge is 0.330 e. The largest absolute Gasteiger partial charge is 0.462 e. The molecule has 1 rings (SSSR count). The summed E-state index contributed by atoms with van der Waals surface area (Å²) in [4.78, 5) is 34.3. The van der Waals surface area contributed by atoms with Crippen molar-refractivity contribution >= 4 is 17.9 Å². The lowest BCUT2D eigenvalue weighted by Crippen LogP contribution is -2.59. The van der Waals surface area contributed by atoms with E-state index >= 15 is 0 Å². The average molecular weight is 390 g/mol. The fraction of sp³-hybridized carbons (Fsp3) is 0.706. The van der Waals surface area contributed by atoms with E-state index < -0.39 is 48.6 Å². The molecule has 0 amide bonds. The van der Waals surface area contributed by atoms with Crippen molar-refractivity contribution in [1.29, 1.82) is 0 Å². The molecule has 27 heavy (non-hydrogen) atoms. The normalized spacial score (nSPS) is 27.5. The number of ether oxygens (including phenoxy) is 5. The second-order valence-electron chi connectivity index (χ2n) is 5.71. The lowest BCUT2D eigenvalue weighted by atomic mass is 9.97. The molecule has 10 heteroatoms. The Hall–Kier alpha value is -2.01. The van der Waals surface area contributed by atoms with Crippen LogP contribution in [-0.4, -0.2) is 79.2 Å². The molecule has 0 saturated carbocycles. The quantitative estimate of drug-likeness (QED) is 0.216. The summed E-state index contributed by atoms with van der Waals surface area (Å²) >= 11 is 0. The Morgan fingerprint density at radius 2 is 1.70 bits per heavy atom. The molecule has 0 radical (unpaired) electrons. The maximum Gasteiger partial charge on any atom is 0.330 e. The Kier molecular flexibility index (Phi) is 9.94. The third-order valence-corrected chi connectivity index (χ3v) is 3.83. The lowest BCUT2D eigenvalue weighted by Gasteiger charge is -2.41. The van der Waals surface area contributed by atoms with E-state index in [1.54, 1.807) is 6.92 Å². The Morgan fingerprint density at radius 1 is 1.07 bits per heavy atom. The number of methoxy groups -OCH3 is 1. The Bertz CT molecular complexity index is 504. The molecule has 0 aliphatic carbocycles. The second-order valence-corrected chi connectivity index (χ2v) is 5.71. The van der Waals surface area contributed by atoms with Crippen LogP contribution < -0.4 is 0 Å². The van der Waals surface area contributed by atoms with Gasteiger partial charge in [0.15, 0.2) is 12.4 Å². The van der Waals surface area contributed by atoms with Crippen LogP contribution in [-0.2, 0) is 38.1 Å². The molecular weight excluding hydrogens is 364 g/mol. The highest BCUT2D eigenvalue weighted by molar-refractivity contribution is 5.81. The first-order valence-electron chi connectivity index (χ1n) is 8.52. The Morgan fingerprint density at radius 3 is 2.30 bits per heavy atom. The zero-order chi connectivity index (χ0) is 20.4. The maximum absolute atomic E-state index is 11.9. The highest BCUT2D eigenvalue weighted by Gasteiger charge is 2.46. The summed E-state index contributed by atoms with van der Waals surface area (Å²) in [6, 6.07) is 0. The van der Waals surface area contributed by atoms with Gasteiger partial charge in [-0.15, -0.1) is 0 Å². The first kappa shape index (κ1) is 23.0. The van der Waals surface area contributed by atoms with Crippen molar-refractivity contribution in [3.63, 3.8) is 0 Å². The predicted octanol–water partition coefficient (Wildman–Crippen LogP) is -0.546.